The summed E-state index contributed by atoms with van der Waals surface area (Å²) in [7, 11) is 1.67. The number of nitrogens with zero attached hydrogens (tertiary/aromatic N) is 2. The molecule has 0 saturated carbocycles. The van der Waals surface area contributed by atoms with Crippen LogP contribution in [0, 0.1) is 0 Å². The molecule has 0 amide bonds. The Morgan fingerprint density at radius 2 is 1.90 bits per heavy atom. The number of aryl methyl sites for hydroxylation is 1. The molecule has 0 saturated heterocycles. The van der Waals surface area contributed by atoms with E-state index < -0.39 is 0 Å². The van der Waals surface area contributed by atoms with Crippen LogP contribution in [0.4, 0.5) is 0 Å². The summed E-state index contributed by atoms with van der Waals surface area (Å²) >= 11 is 9.47. The number of imidazole rings is 1. The maximum absolute atomic E-state index is 5.94. The van der Waals surface area contributed by atoms with Crippen molar-refractivity contribution in [2.45, 2.75) is 28.6 Å². The van der Waals surface area contributed by atoms with Crippen molar-refractivity contribution in [3.63, 3.8) is 0 Å². The summed E-state index contributed by atoms with van der Waals surface area (Å²) in [6.45, 7) is 0. The summed E-state index contributed by atoms with van der Waals surface area (Å²) in [5.41, 5.74) is 4.31. The van der Waals surface area contributed by atoms with Gasteiger partial charge >= 0.3 is 0 Å². The van der Waals surface area contributed by atoms with E-state index in [0.29, 0.717) is 0 Å². The topological polar surface area (TPSA) is 50.8 Å². The molecule has 4 nitrogen and oxygen atoms in total. The number of rotatable bonds is 9. The Kier molecular flexibility index (Phi) is 7.20. The molecule has 0 unspecified atom stereocenters. The molecule has 0 aliphatic rings. The van der Waals surface area contributed by atoms with E-state index >= 15 is 0 Å². The highest BCUT2D eigenvalue weighted by atomic mass is 35.5. The molecule has 2 aromatic heterocycles. The van der Waals surface area contributed by atoms with Crippen LogP contribution >= 0.6 is 35.1 Å². The number of H-pyrrole nitrogens is 1. The first-order chi connectivity index (χ1) is 14.7. The zero-order valence-electron chi connectivity index (χ0n) is 16.6. The van der Waals surface area contributed by atoms with Crippen LogP contribution in [0.2, 0.25) is 5.02 Å². The van der Waals surface area contributed by atoms with Gasteiger partial charge < -0.3 is 9.72 Å². The molecule has 30 heavy (non-hydrogen) atoms. The van der Waals surface area contributed by atoms with Gasteiger partial charge in [-0.1, -0.05) is 35.5 Å². The molecular formula is C23H22ClN3OS2. The van der Waals surface area contributed by atoms with E-state index in [1.165, 1.54) is 10.5 Å². The second kappa shape index (κ2) is 10.2. The van der Waals surface area contributed by atoms with Crippen LogP contribution in [0.1, 0.15) is 17.7 Å². The molecule has 4 rings (SSSR count). The summed E-state index contributed by atoms with van der Waals surface area (Å²) in [6, 6.07) is 18.2. The Morgan fingerprint density at radius 1 is 1.03 bits per heavy atom. The van der Waals surface area contributed by atoms with Crippen molar-refractivity contribution in [3.05, 3.63) is 77.1 Å². The predicted molar refractivity (Wildman–Crippen MR) is 127 cm³/mol. The number of hydrogen-bond acceptors (Lipinski definition) is 5. The minimum atomic E-state index is 0.774. The Labute approximate surface area is 189 Å². The van der Waals surface area contributed by atoms with E-state index in [0.717, 1.165) is 57.0 Å². The van der Waals surface area contributed by atoms with Gasteiger partial charge in [0.1, 0.15) is 5.75 Å². The van der Waals surface area contributed by atoms with E-state index in [4.69, 9.17) is 16.3 Å². The lowest BCUT2D eigenvalue weighted by atomic mass is 10.1. The van der Waals surface area contributed by atoms with Gasteiger partial charge in [0.25, 0.3) is 0 Å². The van der Waals surface area contributed by atoms with Crippen LogP contribution in [0.3, 0.4) is 0 Å². The maximum atomic E-state index is 5.94. The Bertz CT molecular complexity index is 1120. The van der Waals surface area contributed by atoms with Crippen molar-refractivity contribution in [3.8, 4) is 5.75 Å². The van der Waals surface area contributed by atoms with Crippen LogP contribution in [0.25, 0.3) is 11.0 Å². The summed E-state index contributed by atoms with van der Waals surface area (Å²) in [4.78, 5) is 13.7. The van der Waals surface area contributed by atoms with E-state index in [2.05, 4.69) is 39.2 Å². The molecule has 2 heterocycles. The average molecular weight is 456 g/mol. The van der Waals surface area contributed by atoms with Crippen molar-refractivity contribution < 1.29 is 4.74 Å². The second-order valence-electron chi connectivity index (χ2n) is 6.78. The van der Waals surface area contributed by atoms with Gasteiger partial charge in [-0.25, -0.2) is 4.98 Å². The number of aromatic nitrogens is 3. The zero-order chi connectivity index (χ0) is 20.8. The van der Waals surface area contributed by atoms with Crippen molar-refractivity contribution in [2.75, 3.05) is 12.9 Å². The lowest BCUT2D eigenvalue weighted by Gasteiger charge is -2.05. The number of aromatic amines is 1. The van der Waals surface area contributed by atoms with Gasteiger partial charge in [0, 0.05) is 27.9 Å². The minimum Gasteiger partial charge on any atom is -0.497 e. The Balaban J connectivity index is 1.28. The summed E-state index contributed by atoms with van der Waals surface area (Å²) in [5.74, 6) is 2.67. The van der Waals surface area contributed by atoms with Crippen LogP contribution < -0.4 is 4.74 Å². The number of halogens is 1. The fourth-order valence-corrected chi connectivity index (χ4v) is 4.86. The Morgan fingerprint density at radius 3 is 2.73 bits per heavy atom. The van der Waals surface area contributed by atoms with E-state index in [1.54, 1.807) is 18.9 Å². The summed E-state index contributed by atoms with van der Waals surface area (Å²) in [6.07, 6.45) is 4.08. The van der Waals surface area contributed by atoms with Crippen LogP contribution in [-0.2, 0) is 12.2 Å². The number of hydrogen-bond donors (Lipinski definition) is 1. The summed E-state index contributed by atoms with van der Waals surface area (Å²) < 4.78 is 5.27. The molecule has 0 radical (unpaired) electrons. The van der Waals surface area contributed by atoms with E-state index in [9.17, 15) is 0 Å². The fourth-order valence-electron chi connectivity index (χ4n) is 3.05. The molecule has 0 fully saturated rings. The fraction of sp³-hybridized carbons (Fsp3) is 0.217. The number of thioether (sulfide) groups is 2. The normalized spacial score (nSPS) is 11.1. The monoisotopic (exact) mass is 455 g/mol. The highest BCUT2D eigenvalue weighted by molar-refractivity contribution is 7.99. The predicted octanol–water partition coefficient (Wildman–Crippen LogP) is 6.64. The lowest BCUT2D eigenvalue weighted by Crippen LogP contribution is -1.90. The van der Waals surface area contributed by atoms with E-state index in [1.807, 2.05) is 48.3 Å². The third kappa shape index (κ3) is 5.72. The number of fused-ring (bicyclic) bond motifs is 1. The van der Waals surface area contributed by atoms with Gasteiger partial charge in [0.15, 0.2) is 5.16 Å². The highest BCUT2D eigenvalue weighted by Gasteiger charge is 2.06. The van der Waals surface area contributed by atoms with Gasteiger partial charge in [-0.3, -0.25) is 4.98 Å². The van der Waals surface area contributed by atoms with Crippen LogP contribution in [0.5, 0.6) is 5.75 Å². The number of pyridine rings is 1. The van der Waals surface area contributed by atoms with Gasteiger partial charge in [-0.05, 0) is 60.6 Å². The van der Waals surface area contributed by atoms with E-state index in [-0.39, 0.29) is 0 Å². The molecule has 0 atom stereocenters. The molecule has 1 N–H and O–H groups in total. The van der Waals surface area contributed by atoms with Gasteiger partial charge in [0.05, 0.1) is 23.8 Å². The van der Waals surface area contributed by atoms with Crippen molar-refractivity contribution in [1.82, 2.24) is 15.0 Å². The lowest BCUT2D eigenvalue weighted by molar-refractivity contribution is 0.415. The zero-order valence-corrected chi connectivity index (χ0v) is 19.0. The van der Waals surface area contributed by atoms with Crippen molar-refractivity contribution in [2.24, 2.45) is 0 Å². The highest BCUT2D eigenvalue weighted by Crippen LogP contribution is 2.26. The van der Waals surface area contributed by atoms with Gasteiger partial charge in [-0.15, -0.1) is 11.8 Å². The van der Waals surface area contributed by atoms with Crippen LogP contribution in [0.15, 0.2) is 70.8 Å². The quantitative estimate of drug-likeness (QED) is 0.226. The van der Waals surface area contributed by atoms with Gasteiger partial charge in [0.2, 0.25) is 0 Å². The number of benzene rings is 2. The van der Waals surface area contributed by atoms with Crippen molar-refractivity contribution >= 4 is 46.2 Å². The molecule has 4 aromatic rings. The molecule has 0 spiro atoms. The molecule has 7 heteroatoms. The average Bonchev–Trinajstić information content (AvgIpc) is 3.19. The van der Waals surface area contributed by atoms with Gasteiger partial charge in [-0.2, -0.15) is 0 Å². The smallest absolute Gasteiger partial charge is 0.166 e. The molecule has 0 aliphatic heterocycles. The molecule has 0 aliphatic carbocycles. The third-order valence-electron chi connectivity index (χ3n) is 4.60. The first-order valence-electron chi connectivity index (χ1n) is 9.68. The molecule has 154 valence electrons. The minimum absolute atomic E-state index is 0.774. The standard InChI is InChI=1S/C23H22ClN3OS2/c1-28-19-8-9-21-22(14-19)27-23(26-21)30-15-18-13-20(10-11-25-18)29-12-2-3-16-4-6-17(24)7-5-16/h4-11,13-14H,2-3,12,15H2,1H3,(H,26,27). The first-order valence-corrected chi connectivity index (χ1v) is 12.0. The largest absolute Gasteiger partial charge is 0.497 e. The van der Waals surface area contributed by atoms with Crippen molar-refractivity contribution in [1.29, 1.82) is 0 Å². The number of methoxy groups -OCH3 is 1. The number of nitrogens with one attached hydrogen (secondary N) is 1. The third-order valence-corrected chi connectivity index (χ3v) is 6.84. The molecular weight excluding hydrogens is 434 g/mol. The molecule has 0 bridgehead atoms. The first kappa shape index (κ1) is 21.1. The van der Waals surface area contributed by atoms with Crippen LogP contribution in [-0.4, -0.2) is 27.8 Å². The SMILES string of the molecule is COc1ccc2nc(SCc3cc(SCCCc4ccc(Cl)cc4)ccn3)[nH]c2c1. The number of ether oxygens (including phenoxy) is 1. The maximum Gasteiger partial charge on any atom is 0.166 e. The molecule has 2 aromatic carbocycles. The Hall–Kier alpha value is -2.15. The second-order valence-corrected chi connectivity index (χ2v) is 9.34. The summed E-state index contributed by atoms with van der Waals surface area (Å²) in [5, 5.41) is 1.68.